The second-order valence-corrected chi connectivity index (χ2v) is 7.08. The van der Waals surface area contributed by atoms with Crippen molar-refractivity contribution < 1.29 is 4.79 Å². The van der Waals surface area contributed by atoms with Gasteiger partial charge in [-0.2, -0.15) is 0 Å². The summed E-state index contributed by atoms with van der Waals surface area (Å²) in [6.07, 6.45) is 10.6. The Morgan fingerprint density at radius 2 is 1.97 bits per heavy atom. The van der Waals surface area contributed by atoms with Crippen molar-refractivity contribution in [1.82, 2.24) is 29.5 Å². The van der Waals surface area contributed by atoms with E-state index in [2.05, 4.69) is 30.2 Å². The fraction of sp³-hybridized carbons (Fsp3) is 0.190. The quantitative estimate of drug-likeness (QED) is 0.556. The Morgan fingerprint density at radius 1 is 1.07 bits per heavy atom. The van der Waals surface area contributed by atoms with Crippen LogP contribution in [-0.2, 0) is 24.2 Å². The van der Waals surface area contributed by atoms with Crippen LogP contribution in [0.5, 0.6) is 0 Å². The molecule has 148 valence electrons. The lowest BCUT2D eigenvalue weighted by molar-refractivity contribution is -0.116. The number of amides is 1. The number of aryl methyl sites for hydroxylation is 2. The Bertz CT molecular complexity index is 1320. The normalized spacial score (nSPS) is 12.7. The van der Waals surface area contributed by atoms with E-state index in [0.29, 0.717) is 11.5 Å². The van der Waals surface area contributed by atoms with Gasteiger partial charge in [-0.3, -0.25) is 19.1 Å². The van der Waals surface area contributed by atoms with Gasteiger partial charge < -0.3 is 5.32 Å². The lowest BCUT2D eigenvalue weighted by atomic mass is 10.1. The molecule has 0 aliphatic heterocycles. The van der Waals surface area contributed by atoms with E-state index in [9.17, 15) is 9.59 Å². The number of carbonyl (C=O) groups excluding carboxylic acids is 1. The summed E-state index contributed by atoms with van der Waals surface area (Å²) in [7, 11) is 0. The Balaban J connectivity index is 1.37. The van der Waals surface area contributed by atoms with Crippen LogP contribution in [0, 0.1) is 0 Å². The highest BCUT2D eigenvalue weighted by Crippen LogP contribution is 2.24. The monoisotopic (exact) mass is 399 g/mol. The predicted octanol–water partition coefficient (Wildman–Crippen LogP) is 1.77. The number of benzene rings is 1. The van der Waals surface area contributed by atoms with Crippen LogP contribution >= 0.6 is 0 Å². The molecule has 9 nitrogen and oxygen atoms in total. The molecule has 1 aromatic carbocycles. The zero-order valence-electron chi connectivity index (χ0n) is 15.9. The molecule has 1 N–H and O–H groups in total. The second-order valence-electron chi connectivity index (χ2n) is 7.08. The molecule has 0 atom stereocenters. The molecule has 0 saturated heterocycles. The maximum Gasteiger partial charge on any atom is 0.264 e. The van der Waals surface area contributed by atoms with Crippen molar-refractivity contribution in [2.24, 2.45) is 0 Å². The fourth-order valence-electron chi connectivity index (χ4n) is 3.61. The lowest BCUT2D eigenvalue weighted by Gasteiger charge is -2.09. The average Bonchev–Trinajstić information content (AvgIpc) is 3.24. The Labute approximate surface area is 170 Å². The Morgan fingerprint density at radius 3 is 2.83 bits per heavy atom. The molecule has 0 unspecified atom stereocenters. The number of hydrogen-bond donors (Lipinski definition) is 1. The van der Waals surface area contributed by atoms with Crippen molar-refractivity contribution in [2.45, 2.75) is 25.8 Å². The molecule has 30 heavy (non-hydrogen) atoms. The summed E-state index contributed by atoms with van der Waals surface area (Å²) in [5.41, 5.74) is 3.69. The van der Waals surface area contributed by atoms with Crippen molar-refractivity contribution >= 4 is 22.6 Å². The van der Waals surface area contributed by atoms with E-state index < -0.39 is 0 Å². The van der Waals surface area contributed by atoms with Gasteiger partial charge in [0.2, 0.25) is 5.91 Å². The highest BCUT2D eigenvalue weighted by atomic mass is 16.2. The van der Waals surface area contributed by atoms with Gasteiger partial charge in [-0.25, -0.2) is 19.9 Å². The molecular weight excluding hydrogens is 382 g/mol. The molecule has 5 rings (SSSR count). The maximum atomic E-state index is 12.8. The molecule has 1 aliphatic carbocycles. The first-order chi connectivity index (χ1) is 14.7. The second kappa shape index (κ2) is 7.43. The van der Waals surface area contributed by atoms with E-state index in [-0.39, 0.29) is 29.0 Å². The van der Waals surface area contributed by atoms with Gasteiger partial charge in [-0.05, 0) is 42.5 Å². The Hall–Kier alpha value is -4.01. The maximum absolute atomic E-state index is 12.8. The minimum Gasteiger partial charge on any atom is -0.325 e. The van der Waals surface area contributed by atoms with Crippen molar-refractivity contribution in [3.8, 4) is 11.5 Å². The third-order valence-corrected chi connectivity index (χ3v) is 5.07. The van der Waals surface area contributed by atoms with Gasteiger partial charge in [-0.15, -0.1) is 0 Å². The van der Waals surface area contributed by atoms with E-state index >= 15 is 0 Å². The summed E-state index contributed by atoms with van der Waals surface area (Å²) in [6, 6.07) is 5.95. The molecule has 3 aromatic heterocycles. The zero-order chi connectivity index (χ0) is 20.5. The SMILES string of the molecule is O=C(Cn1cnc2nc(-c3cnccn3)ncc2c1=O)Nc1ccc2c(c1)CCC2. The minimum atomic E-state index is -0.380. The molecule has 0 bridgehead atoms. The Kier molecular flexibility index (Phi) is 4.47. The van der Waals surface area contributed by atoms with Crippen LogP contribution < -0.4 is 10.9 Å². The largest absolute Gasteiger partial charge is 0.325 e. The number of aromatic nitrogens is 6. The van der Waals surface area contributed by atoms with E-state index in [1.165, 1.54) is 40.6 Å². The molecule has 4 aromatic rings. The standard InChI is InChI=1S/C21H17N7O2/c29-18(26-15-5-4-13-2-1-3-14(13)8-15)11-28-12-25-19-16(21(28)30)9-24-20(27-19)17-10-22-6-7-23-17/h4-10,12H,1-3,11H2,(H,26,29). The van der Waals surface area contributed by atoms with Crippen molar-refractivity contribution in [3.63, 3.8) is 0 Å². The molecule has 0 saturated carbocycles. The van der Waals surface area contributed by atoms with Gasteiger partial charge in [0.15, 0.2) is 11.5 Å². The zero-order valence-corrected chi connectivity index (χ0v) is 15.9. The topological polar surface area (TPSA) is 116 Å². The van der Waals surface area contributed by atoms with Gasteiger partial charge >= 0.3 is 0 Å². The smallest absolute Gasteiger partial charge is 0.264 e. The third-order valence-electron chi connectivity index (χ3n) is 5.07. The molecule has 0 fully saturated rings. The summed E-state index contributed by atoms with van der Waals surface area (Å²) < 4.78 is 1.25. The summed E-state index contributed by atoms with van der Waals surface area (Å²) in [6.45, 7) is -0.148. The van der Waals surface area contributed by atoms with Crippen molar-refractivity contribution in [2.75, 3.05) is 5.32 Å². The van der Waals surface area contributed by atoms with Crippen LogP contribution in [0.25, 0.3) is 22.6 Å². The first-order valence-electron chi connectivity index (χ1n) is 9.57. The molecule has 9 heteroatoms. The van der Waals surface area contributed by atoms with Gasteiger partial charge in [0.05, 0.1) is 6.20 Å². The van der Waals surface area contributed by atoms with Crippen molar-refractivity contribution in [1.29, 1.82) is 0 Å². The molecule has 3 heterocycles. The molecule has 0 spiro atoms. The average molecular weight is 399 g/mol. The molecular formula is C21H17N7O2. The number of nitrogens with one attached hydrogen (secondary N) is 1. The number of anilines is 1. The first-order valence-corrected chi connectivity index (χ1v) is 9.57. The van der Waals surface area contributed by atoms with E-state index in [4.69, 9.17) is 0 Å². The molecule has 1 amide bonds. The number of rotatable bonds is 4. The van der Waals surface area contributed by atoms with Crippen LogP contribution in [0.2, 0.25) is 0 Å². The predicted molar refractivity (Wildman–Crippen MR) is 110 cm³/mol. The van der Waals surface area contributed by atoms with Gasteiger partial charge in [0.1, 0.15) is 24.0 Å². The third kappa shape index (κ3) is 3.41. The van der Waals surface area contributed by atoms with Crippen LogP contribution in [-0.4, -0.2) is 35.4 Å². The lowest BCUT2D eigenvalue weighted by Crippen LogP contribution is -2.28. The van der Waals surface area contributed by atoms with E-state index in [1.807, 2.05) is 18.2 Å². The number of hydrogen-bond acceptors (Lipinski definition) is 7. The van der Waals surface area contributed by atoms with E-state index in [1.54, 1.807) is 6.20 Å². The van der Waals surface area contributed by atoms with Crippen LogP contribution in [0.15, 0.2) is 54.1 Å². The van der Waals surface area contributed by atoms with E-state index in [0.717, 1.165) is 24.9 Å². The highest BCUT2D eigenvalue weighted by molar-refractivity contribution is 5.90. The molecule has 1 aliphatic rings. The number of fused-ring (bicyclic) bond motifs is 2. The van der Waals surface area contributed by atoms with Gasteiger partial charge in [-0.1, -0.05) is 6.07 Å². The summed E-state index contributed by atoms with van der Waals surface area (Å²) >= 11 is 0. The van der Waals surface area contributed by atoms with Gasteiger partial charge in [0, 0.05) is 24.3 Å². The first kappa shape index (κ1) is 18.0. The number of carbonyl (C=O) groups is 1. The van der Waals surface area contributed by atoms with Crippen LogP contribution in [0.3, 0.4) is 0 Å². The molecule has 0 radical (unpaired) electrons. The highest BCUT2D eigenvalue weighted by Gasteiger charge is 2.14. The number of nitrogens with zero attached hydrogens (tertiary/aromatic N) is 6. The van der Waals surface area contributed by atoms with Gasteiger partial charge in [0.25, 0.3) is 5.56 Å². The van der Waals surface area contributed by atoms with Crippen molar-refractivity contribution in [3.05, 3.63) is 70.8 Å². The summed E-state index contributed by atoms with van der Waals surface area (Å²) in [4.78, 5) is 46.0. The fourth-order valence-corrected chi connectivity index (χ4v) is 3.61. The summed E-state index contributed by atoms with van der Waals surface area (Å²) in [5, 5.41) is 3.09. The summed E-state index contributed by atoms with van der Waals surface area (Å²) in [5.74, 6) is 0.0305. The minimum absolute atomic E-state index is 0.148. The van der Waals surface area contributed by atoms with Crippen LogP contribution in [0.4, 0.5) is 5.69 Å². The van der Waals surface area contributed by atoms with Crippen LogP contribution in [0.1, 0.15) is 17.5 Å².